The van der Waals surface area contributed by atoms with E-state index < -0.39 is 4.92 Å². The van der Waals surface area contributed by atoms with Crippen LogP contribution in [0.1, 0.15) is 20.7 Å². The van der Waals surface area contributed by atoms with Crippen LogP contribution in [0.15, 0.2) is 40.9 Å². The van der Waals surface area contributed by atoms with Crippen LogP contribution in [0.4, 0.5) is 5.69 Å². The minimum atomic E-state index is -0.542. The Balaban J connectivity index is 1.69. The summed E-state index contributed by atoms with van der Waals surface area (Å²) in [7, 11) is 3.03. The summed E-state index contributed by atoms with van der Waals surface area (Å²) >= 11 is 3.11. The van der Waals surface area contributed by atoms with Crippen molar-refractivity contribution in [3.63, 3.8) is 0 Å². The Labute approximate surface area is 181 Å². The lowest BCUT2D eigenvalue weighted by Crippen LogP contribution is -2.50. The fourth-order valence-electron chi connectivity index (χ4n) is 3.19. The molecule has 0 N–H and O–H groups in total. The highest BCUT2D eigenvalue weighted by Gasteiger charge is 2.27. The molecular formula is C20H20BrN3O6. The van der Waals surface area contributed by atoms with Gasteiger partial charge in [-0.15, -0.1) is 0 Å². The van der Waals surface area contributed by atoms with E-state index in [-0.39, 0.29) is 23.1 Å². The summed E-state index contributed by atoms with van der Waals surface area (Å²) in [6, 6.07) is 9.25. The smallest absolute Gasteiger partial charge is 0.284 e. The van der Waals surface area contributed by atoms with Gasteiger partial charge in [-0.05, 0) is 40.2 Å². The molecule has 2 aromatic rings. The number of carbonyl (C=O) groups is 2. The highest BCUT2D eigenvalue weighted by atomic mass is 79.9. The largest absolute Gasteiger partial charge is 0.497 e. The number of hydrogen-bond acceptors (Lipinski definition) is 6. The number of nitrogens with zero attached hydrogens (tertiary/aromatic N) is 3. The second-order valence-electron chi connectivity index (χ2n) is 6.61. The molecule has 10 heteroatoms. The molecule has 1 fully saturated rings. The van der Waals surface area contributed by atoms with Crippen molar-refractivity contribution in [2.24, 2.45) is 0 Å². The monoisotopic (exact) mass is 477 g/mol. The molecule has 158 valence electrons. The van der Waals surface area contributed by atoms with Gasteiger partial charge in [-0.1, -0.05) is 0 Å². The highest BCUT2D eigenvalue weighted by molar-refractivity contribution is 9.10. The third-order valence-corrected chi connectivity index (χ3v) is 5.51. The number of nitro benzene ring substituents is 1. The molecule has 2 amide bonds. The van der Waals surface area contributed by atoms with E-state index in [0.717, 1.165) is 0 Å². The number of piperazine rings is 1. The van der Waals surface area contributed by atoms with Crippen molar-refractivity contribution >= 4 is 33.4 Å². The number of halogens is 1. The summed E-state index contributed by atoms with van der Waals surface area (Å²) in [5.41, 5.74) is 0.512. The first-order valence-electron chi connectivity index (χ1n) is 9.09. The van der Waals surface area contributed by atoms with Crippen LogP contribution in [0, 0.1) is 10.1 Å². The van der Waals surface area contributed by atoms with Crippen LogP contribution < -0.4 is 9.47 Å². The van der Waals surface area contributed by atoms with Crippen LogP contribution in [-0.2, 0) is 0 Å². The minimum Gasteiger partial charge on any atom is -0.497 e. The van der Waals surface area contributed by atoms with Crippen molar-refractivity contribution in [2.75, 3.05) is 40.4 Å². The summed E-state index contributed by atoms with van der Waals surface area (Å²) in [6.45, 7) is 1.36. The number of nitro groups is 1. The van der Waals surface area contributed by atoms with Gasteiger partial charge in [0, 0.05) is 49.4 Å². The average Bonchev–Trinajstić information content (AvgIpc) is 2.77. The molecule has 0 aromatic heterocycles. The molecule has 0 atom stereocenters. The lowest BCUT2D eigenvalue weighted by atomic mass is 10.1. The van der Waals surface area contributed by atoms with Gasteiger partial charge in [0.25, 0.3) is 17.5 Å². The normalized spacial score (nSPS) is 13.7. The van der Waals surface area contributed by atoms with Crippen molar-refractivity contribution in [3.05, 3.63) is 62.1 Å². The molecule has 0 radical (unpaired) electrons. The van der Waals surface area contributed by atoms with Gasteiger partial charge in [0.2, 0.25) is 0 Å². The summed E-state index contributed by atoms with van der Waals surface area (Å²) < 4.78 is 10.7. The van der Waals surface area contributed by atoms with E-state index in [9.17, 15) is 19.7 Å². The Bertz CT molecular complexity index is 966. The lowest BCUT2D eigenvalue weighted by Gasteiger charge is -2.35. The van der Waals surface area contributed by atoms with Crippen LogP contribution >= 0.6 is 15.9 Å². The van der Waals surface area contributed by atoms with Crippen molar-refractivity contribution in [1.82, 2.24) is 9.80 Å². The molecule has 2 aromatic carbocycles. The van der Waals surface area contributed by atoms with Gasteiger partial charge < -0.3 is 19.3 Å². The van der Waals surface area contributed by atoms with Gasteiger partial charge >= 0.3 is 0 Å². The van der Waals surface area contributed by atoms with Crippen LogP contribution in [0.5, 0.6) is 11.5 Å². The number of ether oxygens (including phenoxy) is 2. The van der Waals surface area contributed by atoms with E-state index >= 15 is 0 Å². The molecule has 1 aliphatic rings. The van der Waals surface area contributed by atoms with Gasteiger partial charge in [0.15, 0.2) is 0 Å². The SMILES string of the molecule is COc1cc(OC)cc(C(=O)N2CCN(C(=O)c3ccc(Br)c([N+](=O)[O-])c3)CC2)c1. The number of amides is 2. The Morgan fingerprint density at radius 1 is 0.900 bits per heavy atom. The van der Waals surface area contributed by atoms with Crippen molar-refractivity contribution < 1.29 is 24.0 Å². The molecule has 0 bridgehead atoms. The summed E-state index contributed by atoms with van der Waals surface area (Å²) in [5, 5.41) is 11.1. The number of benzene rings is 2. The van der Waals surface area contributed by atoms with Crippen LogP contribution in [0.2, 0.25) is 0 Å². The van der Waals surface area contributed by atoms with E-state index in [1.807, 2.05) is 0 Å². The molecule has 30 heavy (non-hydrogen) atoms. The van der Waals surface area contributed by atoms with Crippen molar-refractivity contribution in [3.8, 4) is 11.5 Å². The molecule has 0 unspecified atom stereocenters. The van der Waals surface area contributed by atoms with Crippen molar-refractivity contribution in [2.45, 2.75) is 0 Å². The first-order chi connectivity index (χ1) is 14.3. The number of methoxy groups -OCH3 is 2. The van der Waals surface area contributed by atoms with Gasteiger partial charge in [-0.2, -0.15) is 0 Å². The topological polar surface area (TPSA) is 102 Å². The Morgan fingerprint density at radius 3 is 1.87 bits per heavy atom. The summed E-state index contributed by atoms with van der Waals surface area (Å²) in [4.78, 5) is 39.4. The van der Waals surface area contributed by atoms with Gasteiger partial charge in [0.1, 0.15) is 11.5 Å². The minimum absolute atomic E-state index is 0.165. The Morgan fingerprint density at radius 2 is 1.40 bits per heavy atom. The van der Waals surface area contributed by atoms with E-state index in [4.69, 9.17) is 9.47 Å². The van der Waals surface area contributed by atoms with Gasteiger partial charge in [0.05, 0.1) is 23.6 Å². The van der Waals surface area contributed by atoms with Crippen LogP contribution in [0.25, 0.3) is 0 Å². The highest BCUT2D eigenvalue weighted by Crippen LogP contribution is 2.27. The fourth-order valence-corrected chi connectivity index (χ4v) is 3.59. The molecule has 9 nitrogen and oxygen atoms in total. The quantitative estimate of drug-likeness (QED) is 0.484. The molecule has 0 aliphatic carbocycles. The van der Waals surface area contributed by atoms with Crippen molar-refractivity contribution in [1.29, 1.82) is 0 Å². The second kappa shape index (κ2) is 9.12. The van der Waals surface area contributed by atoms with E-state index in [1.165, 1.54) is 26.4 Å². The first kappa shape index (κ1) is 21.6. The zero-order chi connectivity index (χ0) is 21.8. The van der Waals surface area contributed by atoms with Gasteiger partial charge in [-0.3, -0.25) is 19.7 Å². The zero-order valence-corrected chi connectivity index (χ0v) is 18.0. The van der Waals surface area contributed by atoms with Gasteiger partial charge in [-0.25, -0.2) is 0 Å². The second-order valence-corrected chi connectivity index (χ2v) is 7.46. The molecular weight excluding hydrogens is 458 g/mol. The average molecular weight is 478 g/mol. The van der Waals surface area contributed by atoms with Crippen LogP contribution in [0.3, 0.4) is 0 Å². The predicted molar refractivity (Wildman–Crippen MR) is 112 cm³/mol. The molecule has 1 aliphatic heterocycles. The summed E-state index contributed by atoms with van der Waals surface area (Å²) in [5.74, 6) is 0.547. The maximum atomic E-state index is 12.9. The molecule has 3 rings (SSSR count). The summed E-state index contributed by atoms with van der Waals surface area (Å²) in [6.07, 6.45) is 0. The maximum Gasteiger partial charge on any atom is 0.284 e. The Hall–Kier alpha value is -3.14. The third kappa shape index (κ3) is 4.54. The van der Waals surface area contributed by atoms with E-state index in [0.29, 0.717) is 47.7 Å². The molecule has 0 spiro atoms. The fraction of sp³-hybridized carbons (Fsp3) is 0.300. The van der Waals surface area contributed by atoms with E-state index in [1.54, 1.807) is 34.1 Å². The predicted octanol–water partition coefficient (Wildman–Crippen LogP) is 2.97. The molecule has 1 saturated heterocycles. The number of rotatable bonds is 5. The third-order valence-electron chi connectivity index (χ3n) is 4.84. The Kier molecular flexibility index (Phi) is 6.56. The first-order valence-corrected chi connectivity index (χ1v) is 9.89. The van der Waals surface area contributed by atoms with Crippen LogP contribution in [-0.4, -0.2) is 66.9 Å². The number of carbonyl (C=O) groups excluding carboxylic acids is 2. The van der Waals surface area contributed by atoms with E-state index in [2.05, 4.69) is 15.9 Å². The number of hydrogen-bond donors (Lipinski definition) is 0. The lowest BCUT2D eigenvalue weighted by molar-refractivity contribution is -0.385. The standard InChI is InChI=1S/C20H20BrN3O6/c1-29-15-9-14(10-16(12-15)30-2)20(26)23-7-5-22(6-8-23)19(25)13-3-4-17(21)18(11-13)24(27)28/h3-4,9-12H,5-8H2,1-2H3. The molecule has 0 saturated carbocycles. The molecule has 1 heterocycles. The maximum absolute atomic E-state index is 12.9. The zero-order valence-electron chi connectivity index (χ0n) is 16.5.